The van der Waals surface area contributed by atoms with Crippen LogP contribution in [0.1, 0.15) is 15.9 Å². The number of hydrogen-bond donors (Lipinski definition) is 3. The third kappa shape index (κ3) is 6.03. The van der Waals surface area contributed by atoms with Gasteiger partial charge in [-0.15, -0.1) is 16.4 Å². The number of carbonyl (C=O) groups is 2. The molecule has 35 heavy (non-hydrogen) atoms. The lowest BCUT2D eigenvalue weighted by molar-refractivity contribution is -0.119. The summed E-state index contributed by atoms with van der Waals surface area (Å²) >= 11 is 2.22. The second-order valence-corrected chi connectivity index (χ2v) is 10.9. The van der Waals surface area contributed by atoms with E-state index in [2.05, 4.69) is 31.1 Å². The number of anilines is 1. The average molecular weight is 530 g/mol. The largest absolute Gasteiger partial charge is 0.279 e. The Morgan fingerprint density at radius 3 is 2.51 bits per heavy atom. The van der Waals surface area contributed by atoms with E-state index >= 15 is 0 Å². The van der Waals surface area contributed by atoms with Crippen molar-refractivity contribution in [2.75, 3.05) is 10.5 Å². The molecule has 4 rings (SSSR count). The zero-order chi connectivity index (χ0) is 24.8. The summed E-state index contributed by atoms with van der Waals surface area (Å²) in [5, 5.41) is 13.7. The Hall–Kier alpha value is -3.75. The number of aryl methyl sites for hydroxylation is 1. The van der Waals surface area contributed by atoms with Gasteiger partial charge in [0.05, 0.1) is 11.4 Å². The van der Waals surface area contributed by atoms with E-state index in [9.17, 15) is 18.0 Å². The molecular formula is C21H19N7O4S3. The highest BCUT2D eigenvalue weighted by molar-refractivity contribution is 7.99. The predicted molar refractivity (Wildman–Crippen MR) is 132 cm³/mol. The maximum atomic E-state index is 12.3. The summed E-state index contributed by atoms with van der Waals surface area (Å²) < 4.78 is 28.7. The van der Waals surface area contributed by atoms with E-state index in [1.54, 1.807) is 16.1 Å². The number of carbonyl (C=O) groups excluding carboxylic acids is 2. The lowest BCUT2D eigenvalue weighted by Crippen LogP contribution is -2.42. The number of nitrogens with one attached hydrogen (secondary N) is 3. The highest BCUT2D eigenvalue weighted by Crippen LogP contribution is 2.21. The fraction of sp³-hybridized carbons (Fsp3) is 0.0952. The normalized spacial score (nSPS) is 11.1. The first-order valence-corrected chi connectivity index (χ1v) is 13.4. The van der Waals surface area contributed by atoms with Crippen molar-refractivity contribution in [1.82, 2.24) is 31.1 Å². The molecule has 3 N–H and O–H groups in total. The van der Waals surface area contributed by atoms with Crippen LogP contribution < -0.4 is 15.6 Å². The SMILES string of the molecule is Cc1ccccc1-n1nnnc1SCC(=O)NNC(=O)c1ccc(NS(=O)(=O)c2cccs2)cc1. The van der Waals surface area contributed by atoms with E-state index in [0.717, 1.165) is 34.3 Å². The van der Waals surface area contributed by atoms with Crippen LogP contribution in [0.25, 0.3) is 5.69 Å². The van der Waals surface area contributed by atoms with Crippen molar-refractivity contribution >= 4 is 50.6 Å². The molecule has 0 aliphatic rings. The topological polar surface area (TPSA) is 148 Å². The average Bonchev–Trinajstić information content (AvgIpc) is 3.55. The zero-order valence-corrected chi connectivity index (χ0v) is 20.7. The summed E-state index contributed by atoms with van der Waals surface area (Å²) in [4.78, 5) is 24.5. The number of tetrazole rings is 1. The van der Waals surface area contributed by atoms with Crippen molar-refractivity contribution in [3.05, 3.63) is 77.2 Å². The Bertz CT molecular complexity index is 1440. The van der Waals surface area contributed by atoms with E-state index in [-0.39, 0.29) is 15.5 Å². The van der Waals surface area contributed by atoms with Crippen LogP contribution in [0.5, 0.6) is 0 Å². The van der Waals surface area contributed by atoms with Crippen molar-refractivity contribution in [2.45, 2.75) is 16.3 Å². The van der Waals surface area contributed by atoms with Crippen LogP contribution in [0.4, 0.5) is 5.69 Å². The molecule has 0 unspecified atom stereocenters. The van der Waals surface area contributed by atoms with Gasteiger partial charge in [-0.05, 0) is 64.7 Å². The number of benzene rings is 2. The third-order valence-corrected chi connectivity index (χ3v) is 8.29. The van der Waals surface area contributed by atoms with Crippen LogP contribution in [-0.4, -0.2) is 46.2 Å². The minimum Gasteiger partial charge on any atom is -0.279 e. The Balaban J connectivity index is 1.28. The van der Waals surface area contributed by atoms with Gasteiger partial charge in [0.1, 0.15) is 4.21 Å². The minimum atomic E-state index is -3.68. The number of rotatable bonds is 8. The predicted octanol–water partition coefficient (Wildman–Crippen LogP) is 2.39. The molecule has 14 heteroatoms. The number of para-hydroxylation sites is 1. The Morgan fingerprint density at radius 2 is 1.80 bits per heavy atom. The van der Waals surface area contributed by atoms with Gasteiger partial charge in [-0.25, -0.2) is 8.42 Å². The second-order valence-electron chi connectivity index (χ2n) is 7.07. The monoisotopic (exact) mass is 529 g/mol. The molecule has 11 nitrogen and oxygen atoms in total. The summed E-state index contributed by atoms with van der Waals surface area (Å²) in [6.45, 7) is 1.93. The van der Waals surface area contributed by atoms with E-state index in [4.69, 9.17) is 0 Å². The summed E-state index contributed by atoms with van der Waals surface area (Å²) in [7, 11) is -3.68. The quantitative estimate of drug-likeness (QED) is 0.233. The smallest absolute Gasteiger partial charge is 0.271 e. The number of hydrazine groups is 1. The first kappa shape index (κ1) is 24.4. The number of amides is 2. The van der Waals surface area contributed by atoms with E-state index in [0.29, 0.717) is 10.8 Å². The lowest BCUT2D eigenvalue weighted by atomic mass is 10.2. The van der Waals surface area contributed by atoms with Gasteiger partial charge in [0.15, 0.2) is 0 Å². The second kappa shape index (κ2) is 10.7. The Labute approximate surface area is 209 Å². The van der Waals surface area contributed by atoms with Crippen molar-refractivity contribution in [3.8, 4) is 5.69 Å². The molecule has 0 spiro atoms. The molecule has 0 fully saturated rings. The van der Waals surface area contributed by atoms with Crippen molar-refractivity contribution in [1.29, 1.82) is 0 Å². The lowest BCUT2D eigenvalue weighted by Gasteiger charge is -2.09. The number of thioether (sulfide) groups is 1. The van der Waals surface area contributed by atoms with Gasteiger partial charge in [-0.3, -0.25) is 25.2 Å². The number of nitrogens with zero attached hydrogens (tertiary/aromatic N) is 4. The summed E-state index contributed by atoms with van der Waals surface area (Å²) in [5.74, 6) is -1.04. The van der Waals surface area contributed by atoms with Crippen LogP contribution in [0.3, 0.4) is 0 Å². The van der Waals surface area contributed by atoms with Gasteiger partial charge in [0, 0.05) is 11.3 Å². The number of hydrogen-bond acceptors (Lipinski definition) is 9. The van der Waals surface area contributed by atoms with Crippen LogP contribution in [0.15, 0.2) is 75.4 Å². The molecule has 0 saturated carbocycles. The molecular weight excluding hydrogens is 510 g/mol. The third-order valence-electron chi connectivity index (χ3n) is 4.59. The summed E-state index contributed by atoms with van der Waals surface area (Å²) in [6.07, 6.45) is 0. The number of sulfonamides is 1. The van der Waals surface area contributed by atoms with E-state index in [1.165, 1.54) is 30.3 Å². The highest BCUT2D eigenvalue weighted by Gasteiger charge is 2.16. The maximum Gasteiger partial charge on any atom is 0.271 e. The standard InChI is InChI=1S/C21H19N7O4S3/c1-14-5-2-3-6-17(14)28-21(24-26-27-28)34-13-18(29)22-23-20(30)15-8-10-16(11-9-15)25-35(31,32)19-7-4-12-33-19/h2-12,25H,13H2,1H3,(H,22,29)(H,23,30). The van der Waals surface area contributed by atoms with Gasteiger partial charge in [0.25, 0.3) is 15.9 Å². The first-order valence-electron chi connectivity index (χ1n) is 10.1. The molecule has 2 heterocycles. The molecule has 0 aliphatic heterocycles. The molecule has 0 atom stereocenters. The zero-order valence-electron chi connectivity index (χ0n) is 18.2. The van der Waals surface area contributed by atoms with Gasteiger partial charge in [-0.1, -0.05) is 36.0 Å². The highest BCUT2D eigenvalue weighted by atomic mass is 32.2. The summed E-state index contributed by atoms with van der Waals surface area (Å²) in [5.41, 5.74) is 6.99. The van der Waals surface area contributed by atoms with Crippen LogP contribution in [-0.2, 0) is 14.8 Å². The molecule has 2 aromatic carbocycles. The van der Waals surface area contributed by atoms with Crippen molar-refractivity contribution < 1.29 is 18.0 Å². The van der Waals surface area contributed by atoms with E-state index < -0.39 is 21.8 Å². The molecule has 0 radical (unpaired) electrons. The van der Waals surface area contributed by atoms with Gasteiger partial charge < -0.3 is 0 Å². The van der Waals surface area contributed by atoms with Gasteiger partial charge in [0.2, 0.25) is 11.1 Å². The fourth-order valence-corrected chi connectivity index (χ4v) is 5.63. The van der Waals surface area contributed by atoms with Crippen LogP contribution >= 0.6 is 23.1 Å². The van der Waals surface area contributed by atoms with E-state index in [1.807, 2.05) is 31.2 Å². The van der Waals surface area contributed by atoms with Gasteiger partial charge >= 0.3 is 0 Å². The minimum absolute atomic E-state index is 0.0318. The molecule has 2 amide bonds. The maximum absolute atomic E-state index is 12.3. The summed E-state index contributed by atoms with van der Waals surface area (Å²) in [6, 6.07) is 16.5. The fourth-order valence-electron chi connectivity index (χ4n) is 2.90. The number of aromatic nitrogens is 4. The molecule has 180 valence electrons. The van der Waals surface area contributed by atoms with Gasteiger partial charge in [-0.2, -0.15) is 4.68 Å². The molecule has 0 bridgehead atoms. The van der Waals surface area contributed by atoms with Crippen molar-refractivity contribution in [2.24, 2.45) is 0 Å². The number of thiophene rings is 1. The molecule has 2 aromatic heterocycles. The molecule has 4 aromatic rings. The van der Waals surface area contributed by atoms with Crippen LogP contribution in [0.2, 0.25) is 0 Å². The first-order chi connectivity index (χ1) is 16.8. The van der Waals surface area contributed by atoms with Crippen LogP contribution in [0, 0.1) is 6.92 Å². The van der Waals surface area contributed by atoms with Crippen molar-refractivity contribution in [3.63, 3.8) is 0 Å². The molecule has 0 aliphatic carbocycles. The Morgan fingerprint density at radius 1 is 1.03 bits per heavy atom. The molecule has 0 saturated heterocycles. The Kier molecular flexibility index (Phi) is 7.43.